The smallest absolute Gasteiger partial charge is 0.404 e. The maximum absolute atomic E-state index is 12.3. The predicted molar refractivity (Wildman–Crippen MR) is 155 cm³/mol. The minimum Gasteiger partial charge on any atom is -0.465 e. The van der Waals surface area contributed by atoms with Crippen molar-refractivity contribution in [3.05, 3.63) is 18.6 Å². The van der Waals surface area contributed by atoms with Gasteiger partial charge in [-0.25, -0.2) is 14.8 Å². The van der Waals surface area contributed by atoms with Crippen molar-refractivity contribution in [2.75, 3.05) is 77.8 Å². The highest BCUT2D eigenvalue weighted by atomic mass is 32.1. The number of anilines is 1. The normalized spacial score (nSPS) is 16.8. The zero-order valence-corrected chi connectivity index (χ0v) is 24.3. The van der Waals surface area contributed by atoms with Crippen LogP contribution in [0.4, 0.5) is 10.6 Å². The van der Waals surface area contributed by atoms with Crippen LogP contribution in [0.2, 0.25) is 0 Å². The van der Waals surface area contributed by atoms with E-state index in [1.54, 1.807) is 9.47 Å². The van der Waals surface area contributed by atoms with Crippen molar-refractivity contribution in [3.8, 4) is 6.07 Å². The molecule has 2 amide bonds. The first-order valence-electron chi connectivity index (χ1n) is 13.5. The predicted octanol–water partition coefficient (Wildman–Crippen LogP) is 1.06. The number of carboxylic acid groups (broad SMARTS) is 1. The van der Waals surface area contributed by atoms with Crippen molar-refractivity contribution < 1.29 is 28.9 Å². The Morgan fingerprint density at radius 2 is 1.80 bits per heavy atom. The Bertz CT molecular complexity index is 1200. The van der Waals surface area contributed by atoms with Gasteiger partial charge in [-0.2, -0.15) is 5.26 Å². The van der Waals surface area contributed by atoms with E-state index in [9.17, 15) is 9.59 Å². The number of piperidine rings is 1. The molecular formula is C26H38N8O6S. The molecule has 224 valence electrons. The number of nitriles is 1. The average Bonchev–Trinajstić information content (AvgIpc) is 3.40. The third kappa shape index (κ3) is 9.49. The lowest BCUT2D eigenvalue weighted by Gasteiger charge is -2.42. The summed E-state index contributed by atoms with van der Waals surface area (Å²) in [5, 5.41) is 24.1. The van der Waals surface area contributed by atoms with E-state index in [0.29, 0.717) is 76.0 Å². The van der Waals surface area contributed by atoms with E-state index >= 15 is 0 Å². The van der Waals surface area contributed by atoms with E-state index < -0.39 is 6.09 Å². The second-order valence-corrected chi connectivity index (χ2v) is 9.93. The molecule has 0 saturated carbocycles. The fourth-order valence-electron chi connectivity index (χ4n) is 4.59. The molecule has 2 aromatic rings. The number of aromatic nitrogens is 3. The standard InChI is InChI=1S/C26H38N8O6S/c1-19-4-9-33(22(35)3-6-27)17-21(19)32(2)23-20-5-10-34(24(20)31-18-30-23)25(41)28-7-11-38-13-15-40-16-14-39-12-8-29-26(36)37/h5,10,18-19,21,29H,3-4,7-9,11-17H2,1-2H3,(H,28,41)(H,36,37)/t19-,21+/m1/s1. The number of ether oxygens (including phenoxy) is 3. The van der Waals surface area contributed by atoms with Gasteiger partial charge < -0.3 is 39.8 Å². The summed E-state index contributed by atoms with van der Waals surface area (Å²) in [6.45, 7) is 6.45. The molecule has 1 saturated heterocycles. The van der Waals surface area contributed by atoms with Gasteiger partial charge in [-0.05, 0) is 30.6 Å². The van der Waals surface area contributed by atoms with Crippen LogP contribution in [0.5, 0.6) is 0 Å². The number of hydrogen-bond acceptors (Lipinski definition) is 10. The minimum absolute atomic E-state index is 0.0488. The number of hydrogen-bond donors (Lipinski definition) is 3. The average molecular weight is 591 g/mol. The van der Waals surface area contributed by atoms with E-state index in [1.165, 1.54) is 6.33 Å². The highest BCUT2D eigenvalue weighted by Gasteiger charge is 2.32. The minimum atomic E-state index is -1.07. The molecule has 0 spiro atoms. The zero-order chi connectivity index (χ0) is 29.6. The summed E-state index contributed by atoms with van der Waals surface area (Å²) in [7, 11) is 1.98. The number of carbonyl (C=O) groups is 2. The first-order valence-corrected chi connectivity index (χ1v) is 13.9. The van der Waals surface area contributed by atoms with Crippen LogP contribution in [0.15, 0.2) is 18.6 Å². The van der Waals surface area contributed by atoms with Gasteiger partial charge in [0.05, 0.1) is 57.1 Å². The zero-order valence-electron chi connectivity index (χ0n) is 23.5. The van der Waals surface area contributed by atoms with Crippen LogP contribution < -0.4 is 15.5 Å². The van der Waals surface area contributed by atoms with Gasteiger partial charge in [-0.1, -0.05) is 6.92 Å². The molecular weight excluding hydrogens is 552 g/mol. The van der Waals surface area contributed by atoms with Crippen molar-refractivity contribution in [1.29, 1.82) is 5.26 Å². The first-order chi connectivity index (χ1) is 19.8. The number of rotatable bonds is 15. The lowest BCUT2D eigenvalue weighted by Crippen LogP contribution is -2.52. The molecule has 0 unspecified atom stereocenters. The summed E-state index contributed by atoms with van der Waals surface area (Å²) in [5.74, 6) is 0.959. The summed E-state index contributed by atoms with van der Waals surface area (Å²) in [4.78, 5) is 35.5. The number of nitrogens with one attached hydrogen (secondary N) is 2. The van der Waals surface area contributed by atoms with Gasteiger partial charge in [0, 0.05) is 39.4 Å². The van der Waals surface area contributed by atoms with E-state index in [-0.39, 0.29) is 24.9 Å². The first kappa shape index (κ1) is 31.9. The SMILES string of the molecule is C[C@@H]1CCN(C(=O)CC#N)C[C@@H]1N(C)c1ncnc2c1ccn2C(=S)NCCOCCOCCOCCNC(=O)O. The Morgan fingerprint density at radius 1 is 1.15 bits per heavy atom. The van der Waals surface area contributed by atoms with Crippen molar-refractivity contribution in [2.45, 2.75) is 25.8 Å². The summed E-state index contributed by atoms with van der Waals surface area (Å²) in [5.41, 5.74) is 0.676. The van der Waals surface area contributed by atoms with Gasteiger partial charge in [0.2, 0.25) is 5.91 Å². The maximum Gasteiger partial charge on any atom is 0.404 e. The monoisotopic (exact) mass is 590 g/mol. The van der Waals surface area contributed by atoms with Crippen LogP contribution in [-0.4, -0.2) is 121 Å². The van der Waals surface area contributed by atoms with E-state index in [0.717, 1.165) is 17.6 Å². The van der Waals surface area contributed by atoms with E-state index in [4.69, 9.17) is 36.8 Å². The largest absolute Gasteiger partial charge is 0.465 e. The van der Waals surface area contributed by atoms with Gasteiger partial charge in [-0.3, -0.25) is 9.36 Å². The highest BCUT2D eigenvalue weighted by molar-refractivity contribution is 7.80. The molecule has 0 radical (unpaired) electrons. The Kier molecular flexibility index (Phi) is 13.0. The molecule has 2 atom stereocenters. The van der Waals surface area contributed by atoms with E-state index in [2.05, 4.69) is 32.4 Å². The molecule has 3 N–H and O–H groups in total. The molecule has 3 rings (SSSR count). The molecule has 0 bridgehead atoms. The molecule has 1 fully saturated rings. The number of nitrogens with zero attached hydrogens (tertiary/aromatic N) is 6. The van der Waals surface area contributed by atoms with Crippen molar-refractivity contribution in [2.24, 2.45) is 5.92 Å². The molecule has 1 aliphatic heterocycles. The molecule has 41 heavy (non-hydrogen) atoms. The number of fused-ring (bicyclic) bond motifs is 1. The van der Waals surface area contributed by atoms with E-state index in [1.807, 2.05) is 25.4 Å². The quantitative estimate of drug-likeness (QED) is 0.200. The molecule has 1 aliphatic rings. The lowest BCUT2D eigenvalue weighted by atomic mass is 9.92. The van der Waals surface area contributed by atoms with Crippen LogP contribution in [0.25, 0.3) is 11.0 Å². The molecule has 3 heterocycles. The fourth-order valence-corrected chi connectivity index (χ4v) is 4.84. The molecule has 15 heteroatoms. The Labute approximate surface area is 244 Å². The molecule has 0 aromatic carbocycles. The van der Waals surface area contributed by atoms with Crippen LogP contribution in [-0.2, 0) is 19.0 Å². The van der Waals surface area contributed by atoms with Crippen molar-refractivity contribution in [1.82, 2.24) is 30.1 Å². The number of thiocarbonyl (C=S) groups is 1. The Morgan fingerprint density at radius 3 is 2.46 bits per heavy atom. The van der Waals surface area contributed by atoms with Gasteiger partial charge >= 0.3 is 6.09 Å². The molecule has 2 aromatic heterocycles. The Hall–Kier alpha value is -3.58. The number of likely N-dealkylation sites (tertiary alicyclic amines) is 1. The van der Waals surface area contributed by atoms with Gasteiger partial charge in [0.15, 0.2) is 10.8 Å². The van der Waals surface area contributed by atoms with Gasteiger partial charge in [0.25, 0.3) is 0 Å². The summed E-state index contributed by atoms with van der Waals surface area (Å²) >= 11 is 5.59. The number of carbonyl (C=O) groups excluding carboxylic acids is 1. The fraction of sp³-hybridized carbons (Fsp3) is 0.615. The third-order valence-corrected chi connectivity index (χ3v) is 7.14. The van der Waals surface area contributed by atoms with Crippen LogP contribution >= 0.6 is 12.2 Å². The summed E-state index contributed by atoms with van der Waals surface area (Å²) in [6.07, 6.45) is 3.04. The lowest BCUT2D eigenvalue weighted by molar-refractivity contribution is -0.131. The van der Waals surface area contributed by atoms with Crippen molar-refractivity contribution in [3.63, 3.8) is 0 Å². The third-order valence-electron chi connectivity index (χ3n) is 6.80. The van der Waals surface area contributed by atoms with Crippen LogP contribution in [0.3, 0.4) is 0 Å². The summed E-state index contributed by atoms with van der Waals surface area (Å²) < 4.78 is 18.0. The van der Waals surface area contributed by atoms with Crippen LogP contribution in [0.1, 0.15) is 19.8 Å². The highest BCUT2D eigenvalue weighted by Crippen LogP contribution is 2.29. The van der Waals surface area contributed by atoms with Crippen molar-refractivity contribution >= 4 is 46.2 Å². The molecule has 0 aliphatic carbocycles. The maximum atomic E-state index is 12.3. The second kappa shape index (κ2) is 16.6. The Balaban J connectivity index is 1.43. The van der Waals surface area contributed by atoms with Gasteiger partial charge in [-0.15, -0.1) is 0 Å². The second-order valence-electron chi connectivity index (χ2n) is 9.54. The van der Waals surface area contributed by atoms with Crippen LogP contribution in [0, 0.1) is 17.2 Å². The summed E-state index contributed by atoms with van der Waals surface area (Å²) in [6, 6.07) is 3.93. The van der Waals surface area contributed by atoms with Gasteiger partial charge in [0.1, 0.15) is 18.6 Å². The number of amides is 2. The number of likely N-dealkylation sites (N-methyl/N-ethyl adjacent to an activating group) is 1. The molecule has 14 nitrogen and oxygen atoms in total. The topological polar surface area (TPSA) is 167 Å².